The number of methoxy groups -OCH3 is 1. The fraction of sp³-hybridized carbons (Fsp3) is 0.111. The molecule has 7 heteroatoms. The summed E-state index contributed by atoms with van der Waals surface area (Å²) < 4.78 is 20.3. The van der Waals surface area contributed by atoms with Crippen LogP contribution in [0.1, 0.15) is 11.1 Å². The molecule has 0 fully saturated rings. The smallest absolute Gasteiger partial charge is 0.278 e. The average molecular weight is 472 g/mol. The summed E-state index contributed by atoms with van der Waals surface area (Å²) in [5.41, 5.74) is 4.76. The van der Waals surface area contributed by atoms with Gasteiger partial charge in [0.2, 0.25) is 0 Å². The molecule has 5 rings (SSSR count). The second-order valence-electron chi connectivity index (χ2n) is 7.84. The molecular weight excluding hydrogens is 449 g/mol. The second-order valence-corrected chi connectivity index (χ2v) is 8.78. The number of hydrogen-bond acceptors (Lipinski definition) is 4. The highest BCUT2D eigenvalue weighted by Gasteiger charge is 2.17. The van der Waals surface area contributed by atoms with Crippen molar-refractivity contribution in [2.45, 2.75) is 17.5 Å². The van der Waals surface area contributed by atoms with Crippen LogP contribution >= 0.6 is 11.8 Å². The van der Waals surface area contributed by atoms with Crippen LogP contribution in [0.25, 0.3) is 22.2 Å². The molecule has 2 aromatic heterocycles. The number of H-pyrrole nitrogens is 1. The van der Waals surface area contributed by atoms with E-state index < -0.39 is 0 Å². The molecule has 34 heavy (non-hydrogen) atoms. The van der Waals surface area contributed by atoms with Crippen molar-refractivity contribution in [1.29, 1.82) is 0 Å². The molecule has 5 nitrogen and oxygen atoms in total. The molecule has 2 heterocycles. The van der Waals surface area contributed by atoms with Crippen LogP contribution in [0.3, 0.4) is 0 Å². The Bertz CT molecular complexity index is 1480. The van der Waals surface area contributed by atoms with Gasteiger partial charge in [-0.1, -0.05) is 66.4 Å². The highest BCUT2D eigenvalue weighted by atomic mass is 32.2. The van der Waals surface area contributed by atoms with Gasteiger partial charge in [-0.3, -0.25) is 9.36 Å². The van der Waals surface area contributed by atoms with E-state index in [9.17, 15) is 9.18 Å². The van der Waals surface area contributed by atoms with Gasteiger partial charge in [0.1, 0.15) is 22.6 Å². The summed E-state index contributed by atoms with van der Waals surface area (Å²) in [5, 5.41) is 0.606. The van der Waals surface area contributed by atoms with Crippen LogP contribution in [0.15, 0.2) is 95.0 Å². The Morgan fingerprint density at radius 2 is 1.68 bits per heavy atom. The number of thioether (sulfide) groups is 1. The third-order valence-corrected chi connectivity index (χ3v) is 6.66. The van der Waals surface area contributed by atoms with E-state index in [1.165, 1.54) is 23.9 Å². The molecule has 0 aliphatic heterocycles. The van der Waals surface area contributed by atoms with Gasteiger partial charge in [-0.15, -0.1) is 0 Å². The Balaban J connectivity index is 1.58. The molecule has 3 aromatic carbocycles. The molecule has 0 saturated heterocycles. The molecule has 0 aliphatic rings. The van der Waals surface area contributed by atoms with Crippen LogP contribution in [-0.4, -0.2) is 21.6 Å². The molecule has 0 aliphatic carbocycles. The predicted octanol–water partition coefficient (Wildman–Crippen LogP) is 5.88. The lowest BCUT2D eigenvalue weighted by Crippen LogP contribution is -2.24. The summed E-state index contributed by atoms with van der Waals surface area (Å²) in [6.07, 6.45) is 1.83. The van der Waals surface area contributed by atoms with E-state index in [1.54, 1.807) is 23.8 Å². The van der Waals surface area contributed by atoms with E-state index in [0.717, 1.165) is 28.0 Å². The Kier molecular flexibility index (Phi) is 6.18. The van der Waals surface area contributed by atoms with E-state index in [-0.39, 0.29) is 11.4 Å². The van der Waals surface area contributed by atoms with E-state index >= 15 is 0 Å². The first-order valence-corrected chi connectivity index (χ1v) is 11.8. The number of aromatic amines is 1. The minimum atomic E-state index is -0.274. The van der Waals surface area contributed by atoms with Crippen molar-refractivity contribution in [3.63, 3.8) is 0 Å². The van der Waals surface area contributed by atoms with Crippen molar-refractivity contribution in [2.24, 2.45) is 0 Å². The maximum absolute atomic E-state index is 13.6. The third kappa shape index (κ3) is 4.47. The van der Waals surface area contributed by atoms with Gasteiger partial charge in [0.05, 0.1) is 13.7 Å². The number of nitrogens with one attached hydrogen (secondary N) is 1. The Morgan fingerprint density at radius 1 is 0.971 bits per heavy atom. The molecule has 1 N–H and O–H groups in total. The van der Waals surface area contributed by atoms with Crippen LogP contribution in [0.2, 0.25) is 0 Å². The van der Waals surface area contributed by atoms with Gasteiger partial charge >= 0.3 is 0 Å². The largest absolute Gasteiger partial charge is 0.497 e. The summed E-state index contributed by atoms with van der Waals surface area (Å²) >= 11 is 1.46. The summed E-state index contributed by atoms with van der Waals surface area (Å²) in [7, 11) is 1.62. The first kappa shape index (κ1) is 22.0. The maximum atomic E-state index is 13.6. The predicted molar refractivity (Wildman–Crippen MR) is 134 cm³/mol. The van der Waals surface area contributed by atoms with Crippen LogP contribution in [0.4, 0.5) is 4.39 Å². The highest BCUT2D eigenvalue weighted by molar-refractivity contribution is 7.98. The molecule has 5 aromatic rings. The zero-order valence-electron chi connectivity index (χ0n) is 18.5. The van der Waals surface area contributed by atoms with E-state index in [1.807, 2.05) is 60.8 Å². The van der Waals surface area contributed by atoms with Gasteiger partial charge in [0, 0.05) is 17.5 Å². The fourth-order valence-electron chi connectivity index (χ4n) is 3.80. The number of rotatable bonds is 7. The molecule has 0 radical (unpaired) electrons. The average Bonchev–Trinajstić information content (AvgIpc) is 3.31. The standard InChI is InChI=1S/C27H22FN3O2S/c1-33-22-13-9-18(10-14-22)16-31-26(32)25-24(23(15-29-25)20-5-3-2-4-6-20)30-27(31)34-17-19-7-11-21(28)12-8-19/h2-15,29H,16-17H2,1H3. The summed E-state index contributed by atoms with van der Waals surface area (Å²) in [6, 6.07) is 23.9. The van der Waals surface area contributed by atoms with Gasteiger partial charge in [0.15, 0.2) is 5.16 Å². The lowest BCUT2D eigenvalue weighted by atomic mass is 10.1. The lowest BCUT2D eigenvalue weighted by Gasteiger charge is -2.13. The summed E-state index contributed by atoms with van der Waals surface area (Å²) in [5.74, 6) is 1.04. The van der Waals surface area contributed by atoms with E-state index in [4.69, 9.17) is 9.72 Å². The number of aromatic nitrogens is 3. The van der Waals surface area contributed by atoms with Crippen molar-refractivity contribution in [2.75, 3.05) is 7.11 Å². The van der Waals surface area contributed by atoms with E-state index in [2.05, 4.69) is 4.98 Å². The molecular formula is C27H22FN3O2S. The minimum absolute atomic E-state index is 0.135. The zero-order chi connectivity index (χ0) is 23.5. The molecule has 0 spiro atoms. The normalized spacial score (nSPS) is 11.1. The maximum Gasteiger partial charge on any atom is 0.278 e. The third-order valence-electron chi connectivity index (χ3n) is 5.62. The first-order valence-electron chi connectivity index (χ1n) is 10.8. The highest BCUT2D eigenvalue weighted by Crippen LogP contribution is 2.29. The number of ether oxygens (including phenoxy) is 1. The van der Waals surface area contributed by atoms with Crippen molar-refractivity contribution in [3.8, 4) is 16.9 Å². The second kappa shape index (κ2) is 9.57. The first-order chi connectivity index (χ1) is 16.6. The molecule has 0 unspecified atom stereocenters. The number of hydrogen-bond donors (Lipinski definition) is 1. The van der Waals surface area contributed by atoms with Crippen molar-refractivity contribution in [1.82, 2.24) is 14.5 Å². The Morgan fingerprint density at radius 3 is 2.38 bits per heavy atom. The van der Waals surface area contributed by atoms with Gasteiger partial charge < -0.3 is 9.72 Å². The summed E-state index contributed by atoms with van der Waals surface area (Å²) in [4.78, 5) is 21.7. The zero-order valence-corrected chi connectivity index (χ0v) is 19.3. The van der Waals surface area contributed by atoms with Crippen LogP contribution in [-0.2, 0) is 12.3 Å². The van der Waals surface area contributed by atoms with E-state index in [0.29, 0.717) is 28.5 Å². The minimum Gasteiger partial charge on any atom is -0.497 e. The molecule has 170 valence electrons. The van der Waals surface area contributed by atoms with Crippen LogP contribution in [0.5, 0.6) is 5.75 Å². The molecule has 0 saturated carbocycles. The van der Waals surface area contributed by atoms with Gasteiger partial charge in [-0.2, -0.15) is 0 Å². The monoisotopic (exact) mass is 471 g/mol. The topological polar surface area (TPSA) is 59.9 Å². The van der Waals surface area contributed by atoms with Gasteiger partial charge in [-0.05, 0) is 41.0 Å². The molecule has 0 bridgehead atoms. The van der Waals surface area contributed by atoms with Crippen molar-refractivity contribution >= 4 is 22.8 Å². The molecule has 0 amide bonds. The number of benzene rings is 3. The number of nitrogens with zero attached hydrogens (tertiary/aromatic N) is 2. The Labute approximate surface area is 200 Å². The number of fused-ring (bicyclic) bond motifs is 1. The van der Waals surface area contributed by atoms with Crippen molar-refractivity contribution < 1.29 is 9.13 Å². The number of halogens is 1. The van der Waals surface area contributed by atoms with Gasteiger partial charge in [0.25, 0.3) is 5.56 Å². The van der Waals surface area contributed by atoms with Crippen LogP contribution in [0, 0.1) is 5.82 Å². The lowest BCUT2D eigenvalue weighted by molar-refractivity contribution is 0.414. The Hall–Kier alpha value is -3.84. The van der Waals surface area contributed by atoms with Crippen molar-refractivity contribution in [3.05, 3.63) is 112 Å². The SMILES string of the molecule is COc1ccc(Cn2c(SCc3ccc(F)cc3)nc3c(-c4ccccc4)c[nH]c3c2=O)cc1. The fourth-order valence-corrected chi connectivity index (χ4v) is 4.75. The molecule has 0 atom stereocenters. The van der Waals surface area contributed by atoms with Gasteiger partial charge in [-0.25, -0.2) is 9.37 Å². The quantitative estimate of drug-likeness (QED) is 0.238. The summed E-state index contributed by atoms with van der Waals surface area (Å²) in [6.45, 7) is 0.372. The van der Waals surface area contributed by atoms with Crippen LogP contribution < -0.4 is 10.3 Å².